The van der Waals surface area contributed by atoms with E-state index in [2.05, 4.69) is 25.7 Å². The minimum atomic E-state index is 0.426. The highest BCUT2D eigenvalue weighted by Crippen LogP contribution is 2.03. The minimum absolute atomic E-state index is 0.426. The SMILES string of the molecule is COCCNc1nnc(SC)nn1. The molecule has 1 rings (SSSR count). The Labute approximate surface area is 80.5 Å². The number of nitrogens with zero attached hydrogens (tertiary/aromatic N) is 4. The molecule has 0 aliphatic heterocycles. The van der Waals surface area contributed by atoms with E-state index in [1.807, 2.05) is 6.26 Å². The van der Waals surface area contributed by atoms with Crippen molar-refractivity contribution in [3.05, 3.63) is 0 Å². The van der Waals surface area contributed by atoms with Gasteiger partial charge in [0.1, 0.15) is 0 Å². The zero-order valence-electron chi connectivity index (χ0n) is 7.52. The van der Waals surface area contributed by atoms with Crippen LogP contribution < -0.4 is 5.32 Å². The molecule has 0 spiro atoms. The normalized spacial score (nSPS) is 10.0. The molecule has 7 heteroatoms. The molecule has 6 nitrogen and oxygen atoms in total. The number of hydrogen-bond donors (Lipinski definition) is 1. The first-order chi connectivity index (χ1) is 6.36. The third kappa shape index (κ3) is 3.51. The molecule has 0 aliphatic carbocycles. The van der Waals surface area contributed by atoms with Gasteiger partial charge in [-0.1, -0.05) is 11.8 Å². The van der Waals surface area contributed by atoms with Crippen LogP contribution in [0.1, 0.15) is 0 Å². The van der Waals surface area contributed by atoms with Crippen LogP contribution in [0.3, 0.4) is 0 Å². The average molecular weight is 201 g/mol. The van der Waals surface area contributed by atoms with Crippen LogP contribution in [0.15, 0.2) is 5.16 Å². The molecule has 0 aliphatic rings. The second kappa shape index (κ2) is 5.65. The van der Waals surface area contributed by atoms with Gasteiger partial charge >= 0.3 is 0 Å². The number of ether oxygens (including phenoxy) is 1. The van der Waals surface area contributed by atoms with Gasteiger partial charge in [-0.25, -0.2) is 0 Å². The van der Waals surface area contributed by atoms with Crippen LogP contribution in [0.5, 0.6) is 0 Å². The molecule has 0 radical (unpaired) electrons. The van der Waals surface area contributed by atoms with Crippen LogP contribution in [0.4, 0.5) is 5.95 Å². The summed E-state index contributed by atoms with van der Waals surface area (Å²) in [4.78, 5) is 0. The molecule has 0 unspecified atom stereocenters. The Kier molecular flexibility index (Phi) is 4.41. The Hall–Kier alpha value is -0.950. The smallest absolute Gasteiger partial charge is 0.262 e. The van der Waals surface area contributed by atoms with Gasteiger partial charge in [-0.2, -0.15) is 0 Å². The topological polar surface area (TPSA) is 72.8 Å². The molecule has 1 aromatic heterocycles. The summed E-state index contributed by atoms with van der Waals surface area (Å²) < 4.78 is 4.85. The monoisotopic (exact) mass is 201 g/mol. The lowest BCUT2D eigenvalue weighted by Gasteiger charge is -2.01. The Morgan fingerprint density at radius 1 is 1.31 bits per heavy atom. The summed E-state index contributed by atoms with van der Waals surface area (Å²) in [6.45, 7) is 1.26. The number of aromatic nitrogens is 4. The van der Waals surface area contributed by atoms with Gasteiger partial charge in [0.25, 0.3) is 5.95 Å². The van der Waals surface area contributed by atoms with E-state index >= 15 is 0 Å². The van der Waals surface area contributed by atoms with Gasteiger partial charge in [0.15, 0.2) is 0 Å². The van der Waals surface area contributed by atoms with Crippen molar-refractivity contribution in [2.75, 3.05) is 31.8 Å². The number of hydrogen-bond acceptors (Lipinski definition) is 7. The molecule has 0 atom stereocenters. The van der Waals surface area contributed by atoms with Crippen molar-refractivity contribution in [2.45, 2.75) is 5.16 Å². The van der Waals surface area contributed by atoms with E-state index in [9.17, 15) is 0 Å². The second-order valence-electron chi connectivity index (χ2n) is 2.13. The largest absolute Gasteiger partial charge is 0.383 e. The highest BCUT2D eigenvalue weighted by atomic mass is 32.2. The zero-order chi connectivity index (χ0) is 9.52. The molecule has 1 heterocycles. The number of rotatable bonds is 5. The fourth-order valence-corrected chi connectivity index (χ4v) is 0.882. The Bertz CT molecular complexity index is 241. The highest BCUT2D eigenvalue weighted by Gasteiger charge is 1.97. The van der Waals surface area contributed by atoms with Gasteiger partial charge in [-0.05, 0) is 6.26 Å². The van der Waals surface area contributed by atoms with Crippen molar-refractivity contribution >= 4 is 17.7 Å². The third-order valence-electron chi connectivity index (χ3n) is 1.23. The second-order valence-corrected chi connectivity index (χ2v) is 2.90. The molecule has 1 N–H and O–H groups in total. The van der Waals surface area contributed by atoms with E-state index in [0.717, 1.165) is 0 Å². The predicted molar refractivity (Wildman–Crippen MR) is 49.8 cm³/mol. The van der Waals surface area contributed by atoms with Crippen LogP contribution >= 0.6 is 11.8 Å². The van der Waals surface area contributed by atoms with Crippen molar-refractivity contribution in [1.82, 2.24) is 20.4 Å². The summed E-state index contributed by atoms with van der Waals surface area (Å²) in [6.07, 6.45) is 1.87. The van der Waals surface area contributed by atoms with E-state index in [0.29, 0.717) is 24.3 Å². The van der Waals surface area contributed by atoms with E-state index in [-0.39, 0.29) is 0 Å². The van der Waals surface area contributed by atoms with E-state index in [1.165, 1.54) is 11.8 Å². The molecule has 13 heavy (non-hydrogen) atoms. The van der Waals surface area contributed by atoms with Crippen LogP contribution in [-0.4, -0.2) is 46.9 Å². The Morgan fingerprint density at radius 2 is 2.00 bits per heavy atom. The molecular weight excluding hydrogens is 190 g/mol. The maximum absolute atomic E-state index is 4.85. The zero-order valence-corrected chi connectivity index (χ0v) is 8.34. The summed E-state index contributed by atoms with van der Waals surface area (Å²) in [6, 6.07) is 0. The molecule has 0 saturated carbocycles. The quantitative estimate of drug-likeness (QED) is 0.533. The summed E-state index contributed by atoms with van der Waals surface area (Å²) in [5, 5.41) is 18.7. The highest BCUT2D eigenvalue weighted by molar-refractivity contribution is 7.98. The first kappa shape index (κ1) is 10.1. The van der Waals surface area contributed by atoms with Crippen LogP contribution in [0.2, 0.25) is 0 Å². The van der Waals surface area contributed by atoms with Gasteiger partial charge in [0.05, 0.1) is 6.61 Å². The fraction of sp³-hybridized carbons (Fsp3) is 0.667. The van der Waals surface area contributed by atoms with Crippen LogP contribution in [-0.2, 0) is 4.74 Å². The predicted octanol–water partition coefficient (Wildman–Crippen LogP) is 0.0468. The lowest BCUT2D eigenvalue weighted by atomic mass is 10.7. The first-order valence-electron chi connectivity index (χ1n) is 3.71. The van der Waals surface area contributed by atoms with Gasteiger partial charge in [0.2, 0.25) is 5.16 Å². The lowest BCUT2D eigenvalue weighted by Crippen LogP contribution is -2.11. The molecule has 0 amide bonds. The molecule has 72 valence electrons. The number of methoxy groups -OCH3 is 1. The van der Waals surface area contributed by atoms with Gasteiger partial charge in [-0.15, -0.1) is 20.4 Å². The third-order valence-corrected chi connectivity index (χ3v) is 1.76. The molecule has 1 aromatic rings. The van der Waals surface area contributed by atoms with Crippen molar-refractivity contribution in [1.29, 1.82) is 0 Å². The molecule has 0 aromatic carbocycles. The van der Waals surface area contributed by atoms with E-state index in [1.54, 1.807) is 7.11 Å². The lowest BCUT2D eigenvalue weighted by molar-refractivity contribution is 0.210. The summed E-state index contributed by atoms with van der Waals surface area (Å²) >= 11 is 1.41. The summed E-state index contributed by atoms with van der Waals surface area (Å²) in [5.74, 6) is 0.426. The number of anilines is 1. The minimum Gasteiger partial charge on any atom is -0.383 e. The number of thioether (sulfide) groups is 1. The van der Waals surface area contributed by atoms with Crippen molar-refractivity contribution in [3.63, 3.8) is 0 Å². The average Bonchev–Trinajstić information content (AvgIpc) is 2.19. The van der Waals surface area contributed by atoms with Crippen molar-refractivity contribution in [3.8, 4) is 0 Å². The molecular formula is C6H11N5OS. The van der Waals surface area contributed by atoms with E-state index < -0.39 is 0 Å². The standard InChI is InChI=1S/C6H11N5OS/c1-12-4-3-7-5-8-10-6(13-2)11-9-5/h3-4H2,1-2H3,(H,7,8,9). The Balaban J connectivity index is 2.40. The maximum Gasteiger partial charge on any atom is 0.262 e. The molecule has 0 saturated heterocycles. The molecule has 0 bridgehead atoms. The number of nitrogens with one attached hydrogen (secondary N) is 1. The first-order valence-corrected chi connectivity index (χ1v) is 4.93. The molecule has 0 fully saturated rings. The maximum atomic E-state index is 4.85. The van der Waals surface area contributed by atoms with Crippen molar-refractivity contribution < 1.29 is 4.74 Å². The van der Waals surface area contributed by atoms with Gasteiger partial charge in [0, 0.05) is 13.7 Å². The summed E-state index contributed by atoms with van der Waals surface area (Å²) in [7, 11) is 1.63. The van der Waals surface area contributed by atoms with Crippen LogP contribution in [0, 0.1) is 0 Å². The fourth-order valence-electron chi connectivity index (χ4n) is 0.638. The van der Waals surface area contributed by atoms with Crippen LogP contribution in [0.25, 0.3) is 0 Å². The van der Waals surface area contributed by atoms with Crippen molar-refractivity contribution in [2.24, 2.45) is 0 Å². The van der Waals surface area contributed by atoms with Gasteiger partial charge in [-0.3, -0.25) is 0 Å². The van der Waals surface area contributed by atoms with Gasteiger partial charge < -0.3 is 10.1 Å². The Morgan fingerprint density at radius 3 is 2.54 bits per heavy atom. The van der Waals surface area contributed by atoms with E-state index in [4.69, 9.17) is 4.74 Å². The summed E-state index contributed by atoms with van der Waals surface area (Å²) in [5.41, 5.74) is 0.